The van der Waals surface area contributed by atoms with Gasteiger partial charge in [0.15, 0.2) is 5.78 Å². The zero-order valence-electron chi connectivity index (χ0n) is 20.4. The third kappa shape index (κ3) is 15.6. The average Bonchev–Trinajstić information content (AvgIpc) is 2.69. The molecule has 0 aliphatic carbocycles. The Kier molecular flexibility index (Phi) is 14.2. The molecule has 2 atom stereocenters. The largest absolute Gasteiger partial charge is 0.480 e. The molecule has 0 aromatic rings. The Bertz CT molecular complexity index is 645. The molecule has 0 radical (unpaired) electrons. The van der Waals surface area contributed by atoms with Crippen molar-refractivity contribution in [3.05, 3.63) is 0 Å². The average molecular weight is 473 g/mol. The van der Waals surface area contributed by atoms with Gasteiger partial charge in [0.25, 0.3) is 0 Å². The van der Waals surface area contributed by atoms with Crippen LogP contribution in [0.2, 0.25) is 0 Å². The fourth-order valence-electron chi connectivity index (χ4n) is 3.19. The van der Waals surface area contributed by atoms with Gasteiger partial charge in [-0.1, -0.05) is 12.8 Å². The third-order valence-electron chi connectivity index (χ3n) is 5.23. The molecule has 192 valence electrons. The van der Waals surface area contributed by atoms with E-state index < -0.39 is 35.3 Å². The second-order valence-corrected chi connectivity index (χ2v) is 9.79. The van der Waals surface area contributed by atoms with E-state index in [1.165, 1.54) is 0 Å². The van der Waals surface area contributed by atoms with E-state index in [9.17, 15) is 19.2 Å². The predicted octanol–water partition coefficient (Wildman–Crippen LogP) is 1.50. The Balaban J connectivity index is 4.00. The molecular weight excluding hydrogens is 428 g/mol. The van der Waals surface area contributed by atoms with Gasteiger partial charge in [-0.3, -0.25) is 19.2 Å². The maximum absolute atomic E-state index is 12.3. The number of carboxylic acid groups (broad SMARTS) is 1. The summed E-state index contributed by atoms with van der Waals surface area (Å²) in [4.78, 5) is 46.8. The van der Waals surface area contributed by atoms with Crippen LogP contribution in [-0.4, -0.2) is 52.0 Å². The molecule has 0 spiro atoms. The smallest absolute Gasteiger partial charge is 0.323 e. The van der Waals surface area contributed by atoms with E-state index in [1.54, 1.807) is 20.8 Å². The van der Waals surface area contributed by atoms with Gasteiger partial charge in [-0.25, -0.2) is 0 Å². The van der Waals surface area contributed by atoms with Crippen LogP contribution in [0.1, 0.15) is 97.8 Å². The minimum Gasteiger partial charge on any atom is -0.480 e. The van der Waals surface area contributed by atoms with Gasteiger partial charge in [0.05, 0.1) is 0 Å². The van der Waals surface area contributed by atoms with Gasteiger partial charge >= 0.3 is 11.9 Å². The first-order valence-electron chi connectivity index (χ1n) is 11.8. The summed E-state index contributed by atoms with van der Waals surface area (Å²) in [6.07, 6.45) is 5.43. The number of esters is 1. The van der Waals surface area contributed by atoms with Gasteiger partial charge in [-0.15, -0.1) is 0 Å². The number of nitrogens with two attached hydrogens (primary N) is 4. The number of aliphatic carboxylic acids is 1. The minimum atomic E-state index is -1.44. The standard InChI is InChI=1S/C23H44N4O6/c1-22(2,3)33-21(32)18(25)13-6-7-14-19(29)23(26,27)15-9-8-11-16(28)10-4-5-12-17(24)20(30)31/h17-18H,4-15,24-27H2,1-3H3,(H,30,31). The molecule has 0 aliphatic rings. The van der Waals surface area contributed by atoms with Crippen LogP contribution in [-0.2, 0) is 23.9 Å². The second kappa shape index (κ2) is 15.1. The molecule has 0 aromatic carbocycles. The number of ketones is 2. The zero-order chi connectivity index (χ0) is 25.7. The Morgan fingerprint density at radius 3 is 1.79 bits per heavy atom. The molecule has 0 aromatic heterocycles. The van der Waals surface area contributed by atoms with Gasteiger partial charge in [0.2, 0.25) is 0 Å². The number of rotatable bonds is 18. The lowest BCUT2D eigenvalue weighted by Gasteiger charge is -2.23. The summed E-state index contributed by atoms with van der Waals surface area (Å²) in [6.45, 7) is 5.32. The summed E-state index contributed by atoms with van der Waals surface area (Å²) >= 11 is 0. The van der Waals surface area contributed by atoms with Crippen molar-refractivity contribution in [3.8, 4) is 0 Å². The first kappa shape index (κ1) is 31.1. The molecule has 0 saturated heterocycles. The highest BCUT2D eigenvalue weighted by atomic mass is 16.6. The Morgan fingerprint density at radius 2 is 1.27 bits per heavy atom. The van der Waals surface area contributed by atoms with Crippen LogP contribution in [0.3, 0.4) is 0 Å². The SMILES string of the molecule is CC(C)(C)OC(=O)C(N)CCCCC(=O)C(N)(N)CCCCC(=O)CCCCC(N)C(=O)O. The van der Waals surface area contributed by atoms with E-state index in [0.717, 1.165) is 0 Å². The summed E-state index contributed by atoms with van der Waals surface area (Å²) in [5.74, 6) is -1.66. The van der Waals surface area contributed by atoms with Crippen LogP contribution in [0.5, 0.6) is 0 Å². The lowest BCUT2D eigenvalue weighted by molar-refractivity contribution is -0.156. The number of carboxylic acids is 1. The maximum Gasteiger partial charge on any atom is 0.323 e. The Labute approximate surface area is 197 Å². The highest BCUT2D eigenvalue weighted by molar-refractivity contribution is 5.87. The molecule has 10 heteroatoms. The van der Waals surface area contributed by atoms with Crippen LogP contribution in [0.25, 0.3) is 0 Å². The summed E-state index contributed by atoms with van der Waals surface area (Å²) in [7, 11) is 0. The van der Waals surface area contributed by atoms with E-state index in [2.05, 4.69) is 0 Å². The quantitative estimate of drug-likeness (QED) is 0.110. The van der Waals surface area contributed by atoms with Crippen molar-refractivity contribution < 1.29 is 29.0 Å². The van der Waals surface area contributed by atoms with Crippen molar-refractivity contribution in [2.45, 2.75) is 121 Å². The number of hydrogen-bond donors (Lipinski definition) is 5. The number of Topliss-reactive ketones (excluding diaryl/α,β-unsaturated/α-hetero) is 2. The van der Waals surface area contributed by atoms with Crippen molar-refractivity contribution >= 4 is 23.5 Å². The molecule has 0 rings (SSSR count). The predicted molar refractivity (Wildman–Crippen MR) is 126 cm³/mol. The number of unbranched alkanes of at least 4 members (excludes halogenated alkanes) is 3. The topological polar surface area (TPSA) is 202 Å². The zero-order valence-corrected chi connectivity index (χ0v) is 20.4. The van der Waals surface area contributed by atoms with E-state index in [0.29, 0.717) is 64.2 Å². The van der Waals surface area contributed by atoms with Gasteiger partial charge < -0.3 is 32.8 Å². The fraction of sp³-hybridized carbons (Fsp3) is 0.826. The van der Waals surface area contributed by atoms with E-state index in [4.69, 9.17) is 32.8 Å². The second-order valence-electron chi connectivity index (χ2n) is 9.79. The van der Waals surface area contributed by atoms with Crippen LogP contribution < -0.4 is 22.9 Å². The van der Waals surface area contributed by atoms with Gasteiger partial charge in [-0.2, -0.15) is 0 Å². The van der Waals surface area contributed by atoms with Crippen LogP contribution in [0, 0.1) is 0 Å². The first-order valence-corrected chi connectivity index (χ1v) is 11.8. The molecule has 10 nitrogen and oxygen atoms in total. The Morgan fingerprint density at radius 1 is 0.788 bits per heavy atom. The lowest BCUT2D eigenvalue weighted by Crippen LogP contribution is -2.56. The molecule has 0 heterocycles. The number of hydrogen-bond acceptors (Lipinski definition) is 9. The van der Waals surface area contributed by atoms with Crippen LogP contribution in [0.15, 0.2) is 0 Å². The molecular formula is C23H44N4O6. The molecule has 33 heavy (non-hydrogen) atoms. The molecule has 2 unspecified atom stereocenters. The van der Waals surface area contributed by atoms with Crippen molar-refractivity contribution in [3.63, 3.8) is 0 Å². The third-order valence-corrected chi connectivity index (χ3v) is 5.23. The highest BCUT2D eigenvalue weighted by Gasteiger charge is 2.28. The molecule has 0 bridgehead atoms. The summed E-state index contributed by atoms with van der Waals surface area (Å²) in [5, 5.41) is 8.72. The molecule has 9 N–H and O–H groups in total. The first-order chi connectivity index (χ1) is 15.2. The van der Waals surface area contributed by atoms with Crippen molar-refractivity contribution in [2.75, 3.05) is 0 Å². The van der Waals surface area contributed by atoms with Gasteiger partial charge in [0.1, 0.15) is 29.1 Å². The molecule has 0 amide bonds. The van der Waals surface area contributed by atoms with Crippen molar-refractivity contribution in [2.24, 2.45) is 22.9 Å². The number of carbonyl (C=O) groups excluding carboxylic acids is 3. The number of carbonyl (C=O) groups is 4. The summed E-state index contributed by atoms with van der Waals surface area (Å²) < 4.78 is 5.23. The van der Waals surface area contributed by atoms with Crippen molar-refractivity contribution in [1.82, 2.24) is 0 Å². The van der Waals surface area contributed by atoms with Crippen molar-refractivity contribution in [1.29, 1.82) is 0 Å². The van der Waals surface area contributed by atoms with Crippen LogP contribution >= 0.6 is 0 Å². The highest BCUT2D eigenvalue weighted by Crippen LogP contribution is 2.15. The van der Waals surface area contributed by atoms with Gasteiger partial charge in [-0.05, 0) is 65.7 Å². The summed E-state index contributed by atoms with van der Waals surface area (Å²) in [5.41, 5.74) is 21.2. The summed E-state index contributed by atoms with van der Waals surface area (Å²) in [6, 6.07) is -1.62. The Hall–Kier alpha value is -1.88. The van der Waals surface area contributed by atoms with E-state index in [-0.39, 0.29) is 24.4 Å². The molecule has 0 saturated carbocycles. The lowest BCUT2D eigenvalue weighted by atomic mass is 9.94. The fourth-order valence-corrected chi connectivity index (χ4v) is 3.19. The van der Waals surface area contributed by atoms with E-state index >= 15 is 0 Å². The number of ether oxygens (including phenoxy) is 1. The van der Waals surface area contributed by atoms with Crippen LogP contribution in [0.4, 0.5) is 0 Å². The monoisotopic (exact) mass is 472 g/mol. The van der Waals surface area contributed by atoms with Gasteiger partial charge in [0, 0.05) is 19.3 Å². The van der Waals surface area contributed by atoms with E-state index in [1.807, 2.05) is 0 Å². The molecule has 0 aliphatic heterocycles. The maximum atomic E-state index is 12.3. The minimum absolute atomic E-state index is 0.0891. The normalized spacial score (nSPS) is 13.9. The molecule has 0 fully saturated rings.